The van der Waals surface area contributed by atoms with Crippen molar-refractivity contribution in [2.75, 3.05) is 39.8 Å². The maximum absolute atomic E-state index is 9.66. The molecule has 2 fully saturated rings. The lowest BCUT2D eigenvalue weighted by Gasteiger charge is -2.51. The number of rotatable bonds is 2. The van der Waals surface area contributed by atoms with Crippen LogP contribution in [-0.2, 0) is 0 Å². The van der Waals surface area contributed by atoms with Crippen LogP contribution in [0.2, 0.25) is 0 Å². The second-order valence-electron chi connectivity index (χ2n) is 6.38. The normalized spacial score (nSPS) is 31.2. The first-order valence-corrected chi connectivity index (χ1v) is 7.11. The van der Waals surface area contributed by atoms with Crippen LogP contribution in [0.25, 0.3) is 0 Å². The number of hydrogen-bond donors (Lipinski definition) is 1. The Hall–Kier alpha value is -0.120. The van der Waals surface area contributed by atoms with E-state index in [2.05, 4.69) is 30.7 Å². The van der Waals surface area contributed by atoms with Gasteiger partial charge in [-0.1, -0.05) is 0 Å². The van der Waals surface area contributed by atoms with Gasteiger partial charge in [-0.05, 0) is 65.2 Å². The molecular weight excluding hydrogens is 212 g/mol. The average Bonchev–Trinajstić information content (AvgIpc) is 2.33. The van der Waals surface area contributed by atoms with Gasteiger partial charge in [0.05, 0.1) is 0 Å². The molecule has 0 unspecified atom stereocenters. The van der Waals surface area contributed by atoms with Gasteiger partial charge in [0.1, 0.15) is 0 Å². The summed E-state index contributed by atoms with van der Waals surface area (Å²) in [6.45, 7) is 9.67. The first-order valence-electron chi connectivity index (χ1n) is 7.11. The molecule has 3 nitrogen and oxygen atoms in total. The maximum atomic E-state index is 9.66. The highest BCUT2D eigenvalue weighted by molar-refractivity contribution is 4.95. The summed E-state index contributed by atoms with van der Waals surface area (Å²) in [5, 5.41) is 9.66. The second kappa shape index (κ2) is 5.25. The van der Waals surface area contributed by atoms with E-state index in [1.165, 1.54) is 38.9 Å². The smallest absolute Gasteiger partial charge is 0.0476 e. The molecule has 2 heterocycles. The fourth-order valence-electron chi connectivity index (χ4n) is 3.67. The Morgan fingerprint density at radius 1 is 1.18 bits per heavy atom. The molecule has 2 rings (SSSR count). The molecule has 2 aliphatic rings. The maximum Gasteiger partial charge on any atom is 0.0476 e. The largest absolute Gasteiger partial charge is 0.396 e. The zero-order valence-corrected chi connectivity index (χ0v) is 11.7. The first kappa shape index (κ1) is 13.3. The zero-order chi connectivity index (χ0) is 12.5. The van der Waals surface area contributed by atoms with Crippen molar-refractivity contribution in [1.29, 1.82) is 0 Å². The van der Waals surface area contributed by atoms with Gasteiger partial charge in [0, 0.05) is 25.1 Å². The summed E-state index contributed by atoms with van der Waals surface area (Å²) >= 11 is 0. The predicted molar refractivity (Wildman–Crippen MR) is 71.1 cm³/mol. The summed E-state index contributed by atoms with van der Waals surface area (Å²) in [4.78, 5) is 4.96. The summed E-state index contributed by atoms with van der Waals surface area (Å²) in [5.74, 6) is 0.496. The van der Waals surface area contributed by atoms with Crippen LogP contribution in [0.3, 0.4) is 0 Å². The van der Waals surface area contributed by atoms with E-state index in [9.17, 15) is 5.11 Å². The van der Waals surface area contributed by atoms with Crippen LogP contribution < -0.4 is 0 Å². The number of aliphatic hydroxyl groups excluding tert-OH is 1. The fourth-order valence-corrected chi connectivity index (χ4v) is 3.67. The SMILES string of the molecule is CC(C)N1CCC2(CCN(C)C[C@@H]2CO)CC1. The third-order valence-corrected chi connectivity index (χ3v) is 5.13. The summed E-state index contributed by atoms with van der Waals surface area (Å²) in [6.07, 6.45) is 3.84. The number of nitrogens with zero attached hydrogens (tertiary/aromatic N) is 2. The van der Waals surface area contributed by atoms with E-state index in [0.29, 0.717) is 24.0 Å². The van der Waals surface area contributed by atoms with Gasteiger partial charge in [-0.15, -0.1) is 0 Å². The molecule has 2 aliphatic heterocycles. The third kappa shape index (κ3) is 2.67. The Bertz CT molecular complexity index is 247. The molecule has 3 heteroatoms. The van der Waals surface area contributed by atoms with Crippen molar-refractivity contribution in [1.82, 2.24) is 9.80 Å². The summed E-state index contributed by atoms with van der Waals surface area (Å²) in [5.41, 5.74) is 0.437. The van der Waals surface area contributed by atoms with Crippen molar-refractivity contribution >= 4 is 0 Å². The molecule has 1 atom stereocenters. The Morgan fingerprint density at radius 3 is 2.29 bits per heavy atom. The average molecular weight is 240 g/mol. The van der Waals surface area contributed by atoms with Gasteiger partial charge < -0.3 is 14.9 Å². The van der Waals surface area contributed by atoms with Gasteiger partial charge in [0.15, 0.2) is 0 Å². The van der Waals surface area contributed by atoms with Crippen LogP contribution in [0.15, 0.2) is 0 Å². The fraction of sp³-hybridized carbons (Fsp3) is 1.00. The Labute approximate surface area is 106 Å². The van der Waals surface area contributed by atoms with Gasteiger partial charge in [0.25, 0.3) is 0 Å². The molecule has 0 amide bonds. The molecule has 1 N–H and O–H groups in total. The minimum absolute atomic E-state index is 0.367. The van der Waals surface area contributed by atoms with Crippen molar-refractivity contribution in [3.8, 4) is 0 Å². The van der Waals surface area contributed by atoms with E-state index in [4.69, 9.17) is 0 Å². The summed E-state index contributed by atoms with van der Waals surface area (Å²) < 4.78 is 0. The van der Waals surface area contributed by atoms with E-state index in [1.54, 1.807) is 0 Å². The number of piperidine rings is 2. The van der Waals surface area contributed by atoms with Crippen LogP contribution in [0, 0.1) is 11.3 Å². The summed E-state index contributed by atoms with van der Waals surface area (Å²) in [7, 11) is 2.18. The molecule has 17 heavy (non-hydrogen) atoms. The Kier molecular flexibility index (Phi) is 4.11. The molecule has 0 aromatic carbocycles. The number of likely N-dealkylation sites (tertiary alicyclic amines) is 2. The van der Waals surface area contributed by atoms with Crippen molar-refractivity contribution in [3.05, 3.63) is 0 Å². The minimum Gasteiger partial charge on any atom is -0.396 e. The molecular formula is C14H28N2O. The van der Waals surface area contributed by atoms with Gasteiger partial charge in [-0.2, -0.15) is 0 Å². The standard InChI is InChI=1S/C14H28N2O/c1-12(2)16-8-5-14(6-9-16)4-7-15(3)10-13(14)11-17/h12-13,17H,4-11H2,1-3H3/t13-/m1/s1. The van der Waals surface area contributed by atoms with E-state index in [0.717, 1.165) is 6.54 Å². The van der Waals surface area contributed by atoms with Crippen LogP contribution in [0.4, 0.5) is 0 Å². The molecule has 0 aliphatic carbocycles. The Balaban J connectivity index is 2.00. The molecule has 1 spiro atoms. The molecule has 100 valence electrons. The molecule has 0 bridgehead atoms. The van der Waals surface area contributed by atoms with Crippen molar-refractivity contribution in [3.63, 3.8) is 0 Å². The second-order valence-corrected chi connectivity index (χ2v) is 6.38. The molecule has 0 aromatic heterocycles. The lowest BCUT2D eigenvalue weighted by Crippen LogP contribution is -2.53. The van der Waals surface area contributed by atoms with Crippen LogP contribution in [0.1, 0.15) is 33.1 Å². The monoisotopic (exact) mass is 240 g/mol. The van der Waals surface area contributed by atoms with E-state index in [-0.39, 0.29) is 0 Å². The molecule has 2 saturated heterocycles. The van der Waals surface area contributed by atoms with Crippen LogP contribution in [-0.4, -0.2) is 60.8 Å². The highest BCUT2D eigenvalue weighted by Crippen LogP contribution is 2.44. The van der Waals surface area contributed by atoms with Gasteiger partial charge >= 0.3 is 0 Å². The van der Waals surface area contributed by atoms with Crippen LogP contribution >= 0.6 is 0 Å². The van der Waals surface area contributed by atoms with E-state index < -0.39 is 0 Å². The highest BCUT2D eigenvalue weighted by atomic mass is 16.3. The lowest BCUT2D eigenvalue weighted by atomic mass is 9.64. The quantitative estimate of drug-likeness (QED) is 0.791. The van der Waals surface area contributed by atoms with E-state index in [1.807, 2.05) is 0 Å². The van der Waals surface area contributed by atoms with Gasteiger partial charge in [-0.3, -0.25) is 0 Å². The predicted octanol–water partition coefficient (Wildman–Crippen LogP) is 1.42. The number of hydrogen-bond acceptors (Lipinski definition) is 3. The van der Waals surface area contributed by atoms with Gasteiger partial charge in [0.2, 0.25) is 0 Å². The molecule has 0 radical (unpaired) electrons. The summed E-state index contributed by atoms with van der Waals surface area (Å²) in [6, 6.07) is 0.672. The zero-order valence-electron chi connectivity index (χ0n) is 11.7. The van der Waals surface area contributed by atoms with Crippen LogP contribution in [0.5, 0.6) is 0 Å². The van der Waals surface area contributed by atoms with E-state index >= 15 is 0 Å². The molecule has 0 saturated carbocycles. The minimum atomic E-state index is 0.367. The van der Waals surface area contributed by atoms with Crippen molar-refractivity contribution in [2.45, 2.75) is 39.2 Å². The third-order valence-electron chi connectivity index (χ3n) is 5.13. The van der Waals surface area contributed by atoms with Crippen molar-refractivity contribution < 1.29 is 5.11 Å². The molecule has 0 aromatic rings. The lowest BCUT2D eigenvalue weighted by molar-refractivity contribution is -0.0402. The number of aliphatic hydroxyl groups is 1. The van der Waals surface area contributed by atoms with Gasteiger partial charge in [-0.25, -0.2) is 0 Å². The first-order chi connectivity index (χ1) is 8.07. The van der Waals surface area contributed by atoms with Crippen molar-refractivity contribution in [2.24, 2.45) is 11.3 Å². The Morgan fingerprint density at radius 2 is 1.76 bits per heavy atom. The topological polar surface area (TPSA) is 26.7 Å². The highest BCUT2D eigenvalue weighted by Gasteiger charge is 2.43.